The molecule has 0 spiro atoms. The quantitative estimate of drug-likeness (QED) is 0.890. The lowest BCUT2D eigenvalue weighted by atomic mass is 10.0. The maximum absolute atomic E-state index is 8.73. The Bertz CT molecular complexity index is 347. The van der Waals surface area contributed by atoms with Crippen molar-refractivity contribution in [2.45, 2.75) is 12.8 Å². The van der Waals surface area contributed by atoms with E-state index < -0.39 is 0 Å². The van der Waals surface area contributed by atoms with Gasteiger partial charge in [-0.2, -0.15) is 0 Å². The predicted octanol–water partition coefficient (Wildman–Crippen LogP) is 3.24. The van der Waals surface area contributed by atoms with Gasteiger partial charge >= 0.3 is 0 Å². The van der Waals surface area contributed by atoms with Gasteiger partial charge in [-0.25, -0.2) is 0 Å². The van der Waals surface area contributed by atoms with E-state index in [1.54, 1.807) is 7.11 Å². The molecule has 0 fully saturated rings. The van der Waals surface area contributed by atoms with Crippen LogP contribution in [-0.4, -0.2) is 18.8 Å². The Hall–Kier alpha value is -0.800. The molecule has 1 aromatic carbocycles. The number of hydrogen-bond acceptors (Lipinski definition) is 2. The number of methoxy groups -OCH3 is 1. The monoisotopic (exact) mass is 270 g/mol. The van der Waals surface area contributed by atoms with Gasteiger partial charge in [0.2, 0.25) is 0 Å². The highest BCUT2D eigenvalue weighted by atomic mass is 79.9. The molecule has 3 heteroatoms. The fourth-order valence-corrected chi connectivity index (χ4v) is 1.86. The Morgan fingerprint density at radius 1 is 1.53 bits per heavy atom. The zero-order chi connectivity index (χ0) is 11.3. The predicted molar refractivity (Wildman–Crippen MR) is 66.0 cm³/mol. The van der Waals surface area contributed by atoms with Crippen molar-refractivity contribution in [3.8, 4) is 5.75 Å². The SMILES string of the molecule is C=C(CCCO)c1ccc(OC)c(Br)c1. The summed E-state index contributed by atoms with van der Waals surface area (Å²) in [4.78, 5) is 0. The molecule has 0 aliphatic rings. The van der Waals surface area contributed by atoms with Gasteiger partial charge in [-0.05, 0) is 52.0 Å². The summed E-state index contributed by atoms with van der Waals surface area (Å²) in [5, 5.41) is 8.73. The Morgan fingerprint density at radius 3 is 2.80 bits per heavy atom. The molecule has 1 aromatic rings. The first-order chi connectivity index (χ1) is 7.19. The minimum absolute atomic E-state index is 0.205. The average molecular weight is 271 g/mol. The smallest absolute Gasteiger partial charge is 0.133 e. The largest absolute Gasteiger partial charge is 0.496 e. The molecule has 0 bridgehead atoms. The first-order valence-electron chi connectivity index (χ1n) is 4.81. The molecule has 0 amide bonds. The van der Waals surface area contributed by atoms with Crippen molar-refractivity contribution in [1.29, 1.82) is 0 Å². The summed E-state index contributed by atoms with van der Waals surface area (Å²) in [6.07, 6.45) is 1.57. The highest BCUT2D eigenvalue weighted by Gasteiger charge is 2.03. The maximum atomic E-state index is 8.73. The summed E-state index contributed by atoms with van der Waals surface area (Å²) in [5.74, 6) is 0.814. The summed E-state index contributed by atoms with van der Waals surface area (Å²) in [6, 6.07) is 5.87. The second-order valence-electron chi connectivity index (χ2n) is 3.28. The molecule has 2 nitrogen and oxygen atoms in total. The van der Waals surface area contributed by atoms with Crippen LogP contribution in [0.15, 0.2) is 29.3 Å². The second kappa shape index (κ2) is 5.93. The Morgan fingerprint density at radius 2 is 2.27 bits per heavy atom. The van der Waals surface area contributed by atoms with E-state index in [4.69, 9.17) is 9.84 Å². The molecule has 1 rings (SSSR count). The molecule has 0 unspecified atom stereocenters. The Balaban J connectivity index is 2.78. The highest BCUT2D eigenvalue weighted by molar-refractivity contribution is 9.10. The van der Waals surface area contributed by atoms with Gasteiger partial charge in [0, 0.05) is 6.61 Å². The van der Waals surface area contributed by atoms with Crippen LogP contribution in [0.4, 0.5) is 0 Å². The molecule has 0 radical (unpaired) electrons. The molecule has 1 N–H and O–H groups in total. The number of aliphatic hydroxyl groups is 1. The van der Waals surface area contributed by atoms with Gasteiger partial charge < -0.3 is 9.84 Å². The highest BCUT2D eigenvalue weighted by Crippen LogP contribution is 2.29. The van der Waals surface area contributed by atoms with Crippen molar-refractivity contribution in [2.75, 3.05) is 13.7 Å². The normalized spacial score (nSPS) is 10.1. The van der Waals surface area contributed by atoms with E-state index in [2.05, 4.69) is 22.5 Å². The molecule has 0 aliphatic carbocycles. The minimum atomic E-state index is 0.205. The van der Waals surface area contributed by atoms with E-state index in [1.165, 1.54) is 0 Å². The first kappa shape index (κ1) is 12.3. The van der Waals surface area contributed by atoms with Crippen LogP contribution in [0, 0.1) is 0 Å². The first-order valence-corrected chi connectivity index (χ1v) is 5.61. The van der Waals surface area contributed by atoms with E-state index in [1.807, 2.05) is 18.2 Å². The number of allylic oxidation sites excluding steroid dienone is 1. The van der Waals surface area contributed by atoms with Crippen LogP contribution in [0.5, 0.6) is 5.75 Å². The van der Waals surface area contributed by atoms with E-state index >= 15 is 0 Å². The lowest BCUT2D eigenvalue weighted by Gasteiger charge is -2.08. The summed E-state index contributed by atoms with van der Waals surface area (Å²) in [5.41, 5.74) is 2.11. The Labute approximate surface area is 98.7 Å². The lowest BCUT2D eigenvalue weighted by Crippen LogP contribution is -1.89. The van der Waals surface area contributed by atoms with Crippen LogP contribution in [-0.2, 0) is 0 Å². The van der Waals surface area contributed by atoms with Crippen LogP contribution >= 0.6 is 15.9 Å². The van der Waals surface area contributed by atoms with Crippen molar-refractivity contribution in [2.24, 2.45) is 0 Å². The van der Waals surface area contributed by atoms with Crippen LogP contribution < -0.4 is 4.74 Å². The fraction of sp³-hybridized carbons (Fsp3) is 0.333. The average Bonchev–Trinajstić information content (AvgIpc) is 2.25. The van der Waals surface area contributed by atoms with E-state index in [0.29, 0.717) is 0 Å². The third-order valence-electron chi connectivity index (χ3n) is 2.20. The molecule has 82 valence electrons. The number of halogens is 1. The van der Waals surface area contributed by atoms with Crippen molar-refractivity contribution >= 4 is 21.5 Å². The third kappa shape index (κ3) is 3.36. The van der Waals surface area contributed by atoms with Gasteiger partial charge in [0.15, 0.2) is 0 Å². The van der Waals surface area contributed by atoms with Crippen molar-refractivity contribution in [1.82, 2.24) is 0 Å². The number of aliphatic hydroxyl groups excluding tert-OH is 1. The summed E-state index contributed by atoms with van der Waals surface area (Å²) < 4.78 is 6.07. The maximum Gasteiger partial charge on any atom is 0.133 e. The van der Waals surface area contributed by atoms with Crippen LogP contribution in [0.25, 0.3) is 5.57 Å². The van der Waals surface area contributed by atoms with Crippen LogP contribution in [0.1, 0.15) is 18.4 Å². The standard InChI is InChI=1S/C12H15BrO2/c1-9(4-3-7-14)10-5-6-12(15-2)11(13)8-10/h5-6,8,14H,1,3-4,7H2,2H3. The Kier molecular flexibility index (Phi) is 4.85. The molecular weight excluding hydrogens is 256 g/mol. The van der Waals surface area contributed by atoms with E-state index in [-0.39, 0.29) is 6.61 Å². The van der Waals surface area contributed by atoms with Gasteiger partial charge in [-0.15, -0.1) is 0 Å². The van der Waals surface area contributed by atoms with Gasteiger partial charge in [0.1, 0.15) is 5.75 Å². The van der Waals surface area contributed by atoms with Crippen LogP contribution in [0.2, 0.25) is 0 Å². The van der Waals surface area contributed by atoms with Gasteiger partial charge in [-0.1, -0.05) is 12.6 Å². The summed E-state index contributed by atoms with van der Waals surface area (Å²) in [6.45, 7) is 4.19. The summed E-state index contributed by atoms with van der Waals surface area (Å²) in [7, 11) is 1.64. The molecule has 0 aromatic heterocycles. The second-order valence-corrected chi connectivity index (χ2v) is 4.13. The minimum Gasteiger partial charge on any atom is -0.496 e. The summed E-state index contributed by atoms with van der Waals surface area (Å²) >= 11 is 3.43. The van der Waals surface area contributed by atoms with Gasteiger partial charge in [0.05, 0.1) is 11.6 Å². The molecular formula is C12H15BrO2. The lowest BCUT2D eigenvalue weighted by molar-refractivity contribution is 0.290. The van der Waals surface area contributed by atoms with Gasteiger partial charge in [-0.3, -0.25) is 0 Å². The molecule has 0 atom stereocenters. The van der Waals surface area contributed by atoms with E-state index in [0.717, 1.165) is 34.2 Å². The fourth-order valence-electron chi connectivity index (χ4n) is 1.32. The number of hydrogen-bond donors (Lipinski definition) is 1. The zero-order valence-corrected chi connectivity index (χ0v) is 10.4. The number of benzene rings is 1. The van der Waals surface area contributed by atoms with Crippen molar-refractivity contribution in [3.63, 3.8) is 0 Å². The third-order valence-corrected chi connectivity index (χ3v) is 2.82. The molecule has 0 heterocycles. The molecule has 0 saturated heterocycles. The number of rotatable bonds is 5. The number of ether oxygens (including phenoxy) is 1. The van der Waals surface area contributed by atoms with E-state index in [9.17, 15) is 0 Å². The zero-order valence-electron chi connectivity index (χ0n) is 8.79. The molecule has 15 heavy (non-hydrogen) atoms. The topological polar surface area (TPSA) is 29.5 Å². The molecule has 0 saturated carbocycles. The van der Waals surface area contributed by atoms with Crippen molar-refractivity contribution in [3.05, 3.63) is 34.8 Å². The van der Waals surface area contributed by atoms with Crippen molar-refractivity contribution < 1.29 is 9.84 Å². The molecule has 0 aliphatic heterocycles. The van der Waals surface area contributed by atoms with Crippen LogP contribution in [0.3, 0.4) is 0 Å². The van der Waals surface area contributed by atoms with Gasteiger partial charge in [0.25, 0.3) is 0 Å².